The van der Waals surface area contributed by atoms with E-state index < -0.39 is 0 Å². The molecule has 7 heteroatoms. The first-order valence-corrected chi connectivity index (χ1v) is 9.93. The van der Waals surface area contributed by atoms with Gasteiger partial charge >= 0.3 is 0 Å². The van der Waals surface area contributed by atoms with E-state index in [1.54, 1.807) is 18.3 Å². The number of benzene rings is 1. The van der Waals surface area contributed by atoms with Gasteiger partial charge in [0.2, 0.25) is 0 Å². The van der Waals surface area contributed by atoms with Crippen molar-refractivity contribution < 1.29 is 14.0 Å². The maximum absolute atomic E-state index is 12.8. The lowest BCUT2D eigenvalue weighted by molar-refractivity contribution is 0.0746. The maximum Gasteiger partial charge on any atom is 0.291 e. The Morgan fingerprint density at radius 1 is 1.00 bits per heavy atom. The number of nitrogens with zero attached hydrogens (tertiary/aromatic N) is 3. The molecule has 1 aliphatic rings. The SMILES string of the molecule is Cc1ccc(C(=O)N2CCN(c3ccc(NC(=O)c4ccco4)cn3)CC2)cc1C. The van der Waals surface area contributed by atoms with Crippen molar-refractivity contribution in [3.8, 4) is 0 Å². The second kappa shape index (κ2) is 8.41. The Labute approximate surface area is 175 Å². The van der Waals surface area contributed by atoms with Gasteiger partial charge in [0.1, 0.15) is 5.82 Å². The van der Waals surface area contributed by atoms with Gasteiger partial charge in [-0.15, -0.1) is 0 Å². The molecule has 0 atom stereocenters. The lowest BCUT2D eigenvalue weighted by Gasteiger charge is -2.35. The van der Waals surface area contributed by atoms with Crippen molar-refractivity contribution >= 4 is 23.3 Å². The molecule has 1 aromatic carbocycles. The van der Waals surface area contributed by atoms with E-state index in [9.17, 15) is 9.59 Å². The van der Waals surface area contributed by atoms with Gasteiger partial charge in [0, 0.05) is 31.7 Å². The van der Waals surface area contributed by atoms with E-state index >= 15 is 0 Å². The summed E-state index contributed by atoms with van der Waals surface area (Å²) in [5.74, 6) is 0.836. The number of amides is 2. The van der Waals surface area contributed by atoms with Crippen molar-refractivity contribution in [2.45, 2.75) is 13.8 Å². The fourth-order valence-corrected chi connectivity index (χ4v) is 3.44. The number of hydrogen-bond donors (Lipinski definition) is 1. The molecule has 2 amide bonds. The summed E-state index contributed by atoms with van der Waals surface area (Å²) in [4.78, 5) is 33.3. The third kappa shape index (κ3) is 4.20. The van der Waals surface area contributed by atoms with Crippen LogP contribution in [0.4, 0.5) is 11.5 Å². The summed E-state index contributed by atoms with van der Waals surface area (Å²) in [7, 11) is 0. The van der Waals surface area contributed by atoms with Gasteiger partial charge in [-0.3, -0.25) is 9.59 Å². The molecule has 3 aromatic rings. The van der Waals surface area contributed by atoms with Crippen LogP contribution in [-0.2, 0) is 0 Å². The Kier molecular flexibility index (Phi) is 5.52. The molecule has 7 nitrogen and oxygen atoms in total. The first-order chi connectivity index (χ1) is 14.5. The second-order valence-corrected chi connectivity index (χ2v) is 7.41. The molecule has 1 N–H and O–H groups in total. The fourth-order valence-electron chi connectivity index (χ4n) is 3.44. The van der Waals surface area contributed by atoms with E-state index in [-0.39, 0.29) is 17.6 Å². The number of rotatable bonds is 4. The summed E-state index contributed by atoms with van der Waals surface area (Å²) in [6.45, 7) is 6.78. The minimum absolute atomic E-state index is 0.0710. The predicted octanol–water partition coefficient (Wildman–Crippen LogP) is 3.51. The van der Waals surface area contributed by atoms with E-state index in [1.807, 2.05) is 49.1 Å². The Bertz CT molecular complexity index is 1040. The third-order valence-electron chi connectivity index (χ3n) is 5.40. The van der Waals surface area contributed by atoms with Gasteiger partial charge in [-0.05, 0) is 61.4 Å². The number of anilines is 2. The summed E-state index contributed by atoms with van der Waals surface area (Å²) in [5, 5.41) is 2.76. The number of hydrogen-bond acceptors (Lipinski definition) is 5. The number of carbonyl (C=O) groups is 2. The van der Waals surface area contributed by atoms with Crippen LogP contribution in [0.15, 0.2) is 59.3 Å². The van der Waals surface area contributed by atoms with E-state index in [0.29, 0.717) is 31.9 Å². The summed E-state index contributed by atoms with van der Waals surface area (Å²) in [6, 6.07) is 12.8. The number of carbonyl (C=O) groups excluding carboxylic acids is 2. The van der Waals surface area contributed by atoms with Crippen LogP contribution >= 0.6 is 0 Å². The molecule has 154 valence electrons. The van der Waals surface area contributed by atoms with Gasteiger partial charge in [-0.1, -0.05) is 6.07 Å². The zero-order chi connectivity index (χ0) is 21.1. The van der Waals surface area contributed by atoms with Crippen LogP contribution in [0.3, 0.4) is 0 Å². The van der Waals surface area contributed by atoms with E-state index in [0.717, 1.165) is 16.9 Å². The molecular weight excluding hydrogens is 380 g/mol. The molecule has 3 heterocycles. The van der Waals surface area contributed by atoms with Crippen LogP contribution in [-0.4, -0.2) is 47.9 Å². The van der Waals surface area contributed by atoms with E-state index in [4.69, 9.17) is 4.42 Å². The Balaban J connectivity index is 1.34. The number of aromatic nitrogens is 1. The van der Waals surface area contributed by atoms with Crippen LogP contribution < -0.4 is 10.2 Å². The quantitative estimate of drug-likeness (QED) is 0.720. The Morgan fingerprint density at radius 3 is 2.43 bits per heavy atom. The van der Waals surface area contributed by atoms with Crippen molar-refractivity contribution in [1.29, 1.82) is 0 Å². The lowest BCUT2D eigenvalue weighted by Crippen LogP contribution is -2.49. The molecule has 0 aliphatic carbocycles. The molecule has 0 saturated carbocycles. The van der Waals surface area contributed by atoms with Crippen LogP contribution in [0.25, 0.3) is 0 Å². The number of aryl methyl sites for hydroxylation is 2. The molecule has 1 saturated heterocycles. The van der Waals surface area contributed by atoms with Gasteiger partial charge in [0.25, 0.3) is 11.8 Å². The molecule has 30 heavy (non-hydrogen) atoms. The molecule has 4 rings (SSSR count). The molecule has 1 fully saturated rings. The average molecular weight is 404 g/mol. The first kappa shape index (κ1) is 19.7. The van der Waals surface area contributed by atoms with Crippen LogP contribution in [0.1, 0.15) is 32.0 Å². The Hall–Kier alpha value is -3.61. The van der Waals surface area contributed by atoms with Gasteiger partial charge in [0.15, 0.2) is 5.76 Å². The van der Waals surface area contributed by atoms with E-state index in [2.05, 4.69) is 15.2 Å². The van der Waals surface area contributed by atoms with Crippen molar-refractivity contribution in [3.05, 3.63) is 77.4 Å². The molecule has 1 aliphatic heterocycles. The molecule has 0 spiro atoms. The van der Waals surface area contributed by atoms with Gasteiger partial charge in [0.05, 0.1) is 18.1 Å². The highest BCUT2D eigenvalue weighted by Crippen LogP contribution is 2.19. The molecular formula is C23H24N4O3. The number of piperazine rings is 1. The van der Waals surface area contributed by atoms with Gasteiger partial charge < -0.3 is 19.5 Å². The van der Waals surface area contributed by atoms with Crippen LogP contribution in [0.5, 0.6) is 0 Å². The fraction of sp³-hybridized carbons (Fsp3) is 0.261. The minimum atomic E-state index is -0.312. The molecule has 0 bridgehead atoms. The average Bonchev–Trinajstić information content (AvgIpc) is 3.31. The van der Waals surface area contributed by atoms with Crippen LogP contribution in [0, 0.1) is 13.8 Å². The number of pyridine rings is 1. The van der Waals surface area contributed by atoms with Gasteiger partial charge in [-0.25, -0.2) is 4.98 Å². The molecule has 0 unspecified atom stereocenters. The van der Waals surface area contributed by atoms with E-state index in [1.165, 1.54) is 11.8 Å². The minimum Gasteiger partial charge on any atom is -0.459 e. The highest BCUT2D eigenvalue weighted by atomic mass is 16.3. The summed E-state index contributed by atoms with van der Waals surface area (Å²) < 4.78 is 5.09. The summed E-state index contributed by atoms with van der Waals surface area (Å²) in [5.41, 5.74) is 3.65. The normalized spacial score (nSPS) is 13.9. The molecule has 0 radical (unpaired) electrons. The predicted molar refractivity (Wildman–Crippen MR) is 115 cm³/mol. The molecule has 2 aromatic heterocycles. The monoisotopic (exact) mass is 404 g/mol. The first-order valence-electron chi connectivity index (χ1n) is 9.93. The van der Waals surface area contributed by atoms with Crippen molar-refractivity contribution in [2.75, 3.05) is 36.4 Å². The van der Waals surface area contributed by atoms with Crippen molar-refractivity contribution in [3.63, 3.8) is 0 Å². The largest absolute Gasteiger partial charge is 0.459 e. The number of furan rings is 1. The third-order valence-corrected chi connectivity index (χ3v) is 5.40. The standard InChI is InChI=1S/C23H24N4O3/c1-16-5-6-18(14-17(16)2)23(29)27-11-9-26(10-12-27)21-8-7-19(15-24-21)25-22(28)20-4-3-13-30-20/h3-8,13-15H,9-12H2,1-2H3,(H,25,28). The zero-order valence-electron chi connectivity index (χ0n) is 17.1. The summed E-state index contributed by atoms with van der Waals surface area (Å²) in [6.07, 6.45) is 3.09. The number of nitrogens with one attached hydrogen (secondary N) is 1. The lowest BCUT2D eigenvalue weighted by atomic mass is 10.1. The highest BCUT2D eigenvalue weighted by Gasteiger charge is 2.23. The smallest absolute Gasteiger partial charge is 0.291 e. The second-order valence-electron chi connectivity index (χ2n) is 7.41. The van der Waals surface area contributed by atoms with Crippen LogP contribution in [0.2, 0.25) is 0 Å². The van der Waals surface area contributed by atoms with Crippen molar-refractivity contribution in [1.82, 2.24) is 9.88 Å². The summed E-state index contributed by atoms with van der Waals surface area (Å²) >= 11 is 0. The highest BCUT2D eigenvalue weighted by molar-refractivity contribution is 6.02. The van der Waals surface area contributed by atoms with Crippen molar-refractivity contribution in [2.24, 2.45) is 0 Å². The van der Waals surface area contributed by atoms with Gasteiger partial charge in [-0.2, -0.15) is 0 Å². The zero-order valence-corrected chi connectivity index (χ0v) is 17.1. The topological polar surface area (TPSA) is 78.7 Å². The Morgan fingerprint density at radius 2 is 1.80 bits per heavy atom. The maximum atomic E-state index is 12.8.